The Balaban J connectivity index is 1.39. The average Bonchev–Trinajstić information content (AvgIpc) is 3.40. The molecule has 0 fully saturated rings. The zero-order chi connectivity index (χ0) is 29.8. The smallest absolute Gasteiger partial charge is 0.255 e. The fourth-order valence-corrected chi connectivity index (χ4v) is 6.39. The second-order valence-electron chi connectivity index (χ2n) is 10.8. The van der Waals surface area contributed by atoms with Crippen molar-refractivity contribution in [3.05, 3.63) is 98.5 Å². The maximum Gasteiger partial charge on any atom is 0.255 e. The number of halogens is 1. The number of aryl methyl sites for hydroxylation is 2. The SMILES string of the molecule is Cc1ccc(C(=O)Nc2cc(CCCS(=O)(=O)c3ccc(Cl)cc3)ccc2O)cc1OCc1nc(C(C)(C)C)cs1. The lowest BCUT2D eigenvalue weighted by Crippen LogP contribution is -2.13. The molecule has 216 valence electrons. The summed E-state index contributed by atoms with van der Waals surface area (Å²) in [5, 5.41) is 16.5. The van der Waals surface area contributed by atoms with Crippen LogP contribution in [0, 0.1) is 6.92 Å². The van der Waals surface area contributed by atoms with Crippen LogP contribution in [0.5, 0.6) is 11.5 Å². The van der Waals surface area contributed by atoms with Gasteiger partial charge in [0.05, 0.1) is 22.0 Å². The first-order valence-electron chi connectivity index (χ1n) is 13.1. The number of rotatable bonds is 10. The first kappa shape index (κ1) is 30.6. The van der Waals surface area contributed by atoms with Gasteiger partial charge < -0.3 is 15.2 Å². The summed E-state index contributed by atoms with van der Waals surface area (Å²) < 4.78 is 31.3. The maximum absolute atomic E-state index is 13.1. The number of carbonyl (C=O) groups excluding carboxylic acids is 1. The van der Waals surface area contributed by atoms with E-state index in [2.05, 4.69) is 31.1 Å². The number of aromatic nitrogens is 1. The van der Waals surface area contributed by atoms with Crippen LogP contribution in [0.1, 0.15) is 59.4 Å². The fourth-order valence-electron chi connectivity index (χ4n) is 4.02. The molecule has 1 heterocycles. The summed E-state index contributed by atoms with van der Waals surface area (Å²) in [6.07, 6.45) is 0.824. The lowest BCUT2D eigenvalue weighted by molar-refractivity contribution is 0.102. The largest absolute Gasteiger partial charge is 0.506 e. The van der Waals surface area contributed by atoms with Crippen LogP contribution in [0.15, 0.2) is 70.9 Å². The van der Waals surface area contributed by atoms with E-state index in [4.69, 9.17) is 16.3 Å². The number of phenolic OH excluding ortho intramolecular Hbond substituents is 1. The first-order chi connectivity index (χ1) is 19.3. The second-order valence-corrected chi connectivity index (χ2v) is 14.3. The van der Waals surface area contributed by atoms with E-state index in [1.165, 1.54) is 18.2 Å². The van der Waals surface area contributed by atoms with E-state index in [-0.39, 0.29) is 27.5 Å². The van der Waals surface area contributed by atoms with Gasteiger partial charge in [-0.1, -0.05) is 44.5 Å². The van der Waals surface area contributed by atoms with Gasteiger partial charge in [0.1, 0.15) is 23.1 Å². The fraction of sp³-hybridized carbons (Fsp3) is 0.290. The van der Waals surface area contributed by atoms with Crippen molar-refractivity contribution >= 4 is 44.4 Å². The number of nitrogens with zero attached hydrogens (tertiary/aromatic N) is 1. The molecule has 0 saturated heterocycles. The monoisotopic (exact) mass is 612 g/mol. The summed E-state index contributed by atoms with van der Waals surface area (Å²) >= 11 is 7.40. The van der Waals surface area contributed by atoms with Gasteiger partial charge in [-0.05, 0) is 79.4 Å². The van der Waals surface area contributed by atoms with E-state index in [9.17, 15) is 18.3 Å². The van der Waals surface area contributed by atoms with Gasteiger partial charge in [0.25, 0.3) is 5.91 Å². The van der Waals surface area contributed by atoms with Crippen LogP contribution >= 0.6 is 22.9 Å². The lowest BCUT2D eigenvalue weighted by atomic mass is 9.93. The van der Waals surface area contributed by atoms with Gasteiger partial charge in [0.15, 0.2) is 9.84 Å². The zero-order valence-corrected chi connectivity index (χ0v) is 25.8. The number of hydrogen-bond acceptors (Lipinski definition) is 7. The Bertz CT molecular complexity index is 1640. The van der Waals surface area contributed by atoms with Gasteiger partial charge in [-0.25, -0.2) is 13.4 Å². The molecule has 41 heavy (non-hydrogen) atoms. The van der Waals surface area contributed by atoms with Crippen LogP contribution in [-0.2, 0) is 28.3 Å². The number of carbonyl (C=O) groups is 1. The van der Waals surface area contributed by atoms with E-state index >= 15 is 0 Å². The predicted molar refractivity (Wildman–Crippen MR) is 164 cm³/mol. The number of phenols is 1. The van der Waals surface area contributed by atoms with Gasteiger partial charge in [-0.2, -0.15) is 0 Å². The minimum absolute atomic E-state index is 0.0398. The third kappa shape index (κ3) is 8.09. The third-order valence-electron chi connectivity index (χ3n) is 6.48. The summed E-state index contributed by atoms with van der Waals surface area (Å²) in [6.45, 7) is 8.53. The molecule has 7 nitrogen and oxygen atoms in total. The molecule has 0 unspecified atom stereocenters. The van der Waals surface area contributed by atoms with Crippen molar-refractivity contribution in [1.29, 1.82) is 0 Å². The number of anilines is 1. The maximum atomic E-state index is 13.1. The van der Waals surface area contributed by atoms with E-state index < -0.39 is 15.7 Å². The van der Waals surface area contributed by atoms with Gasteiger partial charge in [-0.15, -0.1) is 11.3 Å². The summed E-state index contributed by atoms with van der Waals surface area (Å²) in [7, 11) is -3.45. The van der Waals surface area contributed by atoms with E-state index in [0.29, 0.717) is 35.8 Å². The van der Waals surface area contributed by atoms with E-state index in [0.717, 1.165) is 21.8 Å². The Hall–Kier alpha value is -3.40. The Morgan fingerprint density at radius 1 is 1.07 bits per heavy atom. The molecule has 3 aromatic carbocycles. The zero-order valence-electron chi connectivity index (χ0n) is 23.4. The molecular weight excluding hydrogens is 580 g/mol. The topological polar surface area (TPSA) is 106 Å². The van der Waals surface area contributed by atoms with Gasteiger partial charge >= 0.3 is 0 Å². The highest BCUT2D eigenvalue weighted by molar-refractivity contribution is 7.91. The van der Waals surface area contributed by atoms with Crippen molar-refractivity contribution in [1.82, 2.24) is 4.98 Å². The highest BCUT2D eigenvalue weighted by Gasteiger charge is 2.18. The Morgan fingerprint density at radius 2 is 1.80 bits per heavy atom. The molecule has 4 aromatic rings. The molecule has 0 aliphatic carbocycles. The molecule has 10 heteroatoms. The van der Waals surface area contributed by atoms with Crippen molar-refractivity contribution in [3.63, 3.8) is 0 Å². The molecule has 0 saturated carbocycles. The normalized spacial score (nSPS) is 11.8. The molecule has 4 rings (SSSR count). The summed E-state index contributed by atoms with van der Waals surface area (Å²) in [4.78, 5) is 18.0. The molecule has 2 N–H and O–H groups in total. The Morgan fingerprint density at radius 3 is 2.49 bits per heavy atom. The summed E-state index contributed by atoms with van der Waals surface area (Å²) in [5.74, 6) is 0.0433. The van der Waals surface area contributed by atoms with Crippen molar-refractivity contribution in [2.24, 2.45) is 0 Å². The predicted octanol–water partition coefficient (Wildman–Crippen LogP) is 7.35. The number of hydrogen-bond donors (Lipinski definition) is 2. The van der Waals surface area contributed by atoms with Crippen molar-refractivity contribution in [2.75, 3.05) is 11.1 Å². The second kappa shape index (κ2) is 12.6. The highest BCUT2D eigenvalue weighted by Crippen LogP contribution is 2.28. The first-order valence-corrected chi connectivity index (χ1v) is 16.0. The number of aromatic hydroxyl groups is 1. The number of thiazole rings is 1. The van der Waals surface area contributed by atoms with Crippen LogP contribution in [0.3, 0.4) is 0 Å². The molecular formula is C31H33ClN2O5S2. The van der Waals surface area contributed by atoms with Crippen molar-refractivity contribution < 1.29 is 23.1 Å². The van der Waals surface area contributed by atoms with Gasteiger partial charge in [0.2, 0.25) is 0 Å². The van der Waals surface area contributed by atoms with E-state index in [1.807, 2.05) is 18.4 Å². The van der Waals surface area contributed by atoms with Crippen molar-refractivity contribution in [2.45, 2.75) is 57.5 Å². The third-order valence-corrected chi connectivity index (χ3v) is 9.37. The highest BCUT2D eigenvalue weighted by atomic mass is 35.5. The summed E-state index contributed by atoms with van der Waals surface area (Å²) in [5.41, 5.74) is 3.26. The average molecular weight is 613 g/mol. The van der Waals surface area contributed by atoms with Crippen LogP contribution in [-0.4, -0.2) is 30.2 Å². The van der Waals surface area contributed by atoms with Crippen LogP contribution < -0.4 is 10.1 Å². The summed E-state index contributed by atoms with van der Waals surface area (Å²) in [6, 6.07) is 16.1. The molecule has 0 bridgehead atoms. The standard InChI is InChI=1S/C31H33ClN2O5S2/c1-20-7-9-22(17-27(20)39-18-29-34-28(19-40-29)31(2,3)4)30(36)33-25-16-21(8-14-26(25)35)6-5-15-41(37,38)24-12-10-23(32)11-13-24/h7-14,16-17,19,35H,5-6,15,18H2,1-4H3,(H,33,36). The Labute approximate surface area is 250 Å². The molecule has 0 spiro atoms. The molecule has 0 radical (unpaired) electrons. The van der Waals surface area contributed by atoms with Crippen LogP contribution in [0.4, 0.5) is 5.69 Å². The lowest BCUT2D eigenvalue weighted by Gasteiger charge is -2.14. The minimum Gasteiger partial charge on any atom is -0.506 e. The number of amides is 1. The Kier molecular flexibility index (Phi) is 9.41. The number of nitrogens with one attached hydrogen (secondary N) is 1. The molecule has 1 aromatic heterocycles. The van der Waals surface area contributed by atoms with Crippen LogP contribution in [0.25, 0.3) is 0 Å². The number of benzene rings is 3. The molecule has 1 amide bonds. The molecule has 0 aliphatic heterocycles. The minimum atomic E-state index is -3.45. The number of ether oxygens (including phenoxy) is 1. The van der Waals surface area contributed by atoms with Crippen molar-refractivity contribution in [3.8, 4) is 11.5 Å². The van der Waals surface area contributed by atoms with E-state index in [1.54, 1.807) is 47.7 Å². The molecule has 0 atom stereocenters. The van der Waals surface area contributed by atoms with Crippen LogP contribution in [0.2, 0.25) is 5.02 Å². The van der Waals surface area contributed by atoms with Gasteiger partial charge in [0, 0.05) is 21.4 Å². The molecule has 0 aliphatic rings. The quantitative estimate of drug-likeness (QED) is 0.181. The van der Waals surface area contributed by atoms with Gasteiger partial charge in [-0.3, -0.25) is 4.79 Å². The number of sulfone groups is 1.